The van der Waals surface area contributed by atoms with Crippen molar-refractivity contribution < 1.29 is 13.2 Å². The van der Waals surface area contributed by atoms with Gasteiger partial charge in [-0.2, -0.15) is 4.31 Å². The lowest BCUT2D eigenvalue weighted by Gasteiger charge is -2.22. The Morgan fingerprint density at radius 1 is 1.05 bits per heavy atom. The molecule has 0 rings (SSSR count). The molecule has 0 aromatic rings. The molecule has 0 unspecified atom stereocenters. The first-order valence-electron chi connectivity index (χ1n) is 6.61. The van der Waals surface area contributed by atoms with E-state index >= 15 is 0 Å². The van der Waals surface area contributed by atoms with Crippen molar-refractivity contribution in [2.75, 3.05) is 59.1 Å². The summed E-state index contributed by atoms with van der Waals surface area (Å²) in [4.78, 5) is 2.05. The Labute approximate surface area is 122 Å². The second-order valence-electron chi connectivity index (χ2n) is 4.76. The Balaban J connectivity index is 4.35. The number of sulfonamides is 1. The van der Waals surface area contributed by atoms with Gasteiger partial charge in [0, 0.05) is 26.1 Å². The molecule has 0 spiro atoms. The van der Waals surface area contributed by atoms with Gasteiger partial charge in [0.05, 0.1) is 12.4 Å². The van der Waals surface area contributed by atoms with Crippen molar-refractivity contribution >= 4 is 21.6 Å². The van der Waals surface area contributed by atoms with Crippen LogP contribution in [0.15, 0.2) is 0 Å². The minimum atomic E-state index is -3.19. The van der Waals surface area contributed by atoms with E-state index in [4.69, 9.17) is 16.3 Å². The Morgan fingerprint density at radius 2 is 1.74 bits per heavy atom. The van der Waals surface area contributed by atoms with E-state index in [1.165, 1.54) is 4.31 Å². The predicted octanol–water partition coefficient (Wildman–Crippen LogP) is 1.24. The average molecular weight is 315 g/mol. The molecule has 0 aromatic carbocycles. The molecule has 0 N–H and O–H groups in total. The largest absolute Gasteiger partial charge is 0.383 e. The van der Waals surface area contributed by atoms with Gasteiger partial charge in [0.15, 0.2) is 0 Å². The predicted molar refractivity (Wildman–Crippen MR) is 80.4 cm³/mol. The minimum Gasteiger partial charge on any atom is -0.383 e. The van der Waals surface area contributed by atoms with Crippen LogP contribution in [-0.2, 0) is 14.8 Å². The molecule has 0 atom stereocenters. The van der Waals surface area contributed by atoms with Crippen molar-refractivity contribution in [2.45, 2.75) is 19.3 Å². The molecule has 0 aliphatic carbocycles. The molecule has 0 saturated carbocycles. The van der Waals surface area contributed by atoms with E-state index in [-0.39, 0.29) is 5.75 Å². The summed E-state index contributed by atoms with van der Waals surface area (Å²) in [6, 6.07) is 0. The van der Waals surface area contributed by atoms with Gasteiger partial charge in [-0.05, 0) is 39.9 Å². The molecule has 19 heavy (non-hydrogen) atoms. The first-order chi connectivity index (χ1) is 8.94. The van der Waals surface area contributed by atoms with Gasteiger partial charge >= 0.3 is 0 Å². The Hall–Kier alpha value is 0.120. The van der Waals surface area contributed by atoms with Gasteiger partial charge in [0.1, 0.15) is 0 Å². The fourth-order valence-corrected chi connectivity index (χ4v) is 3.43. The third-order valence-corrected chi connectivity index (χ3v) is 4.96. The van der Waals surface area contributed by atoms with Crippen LogP contribution in [0.25, 0.3) is 0 Å². The summed E-state index contributed by atoms with van der Waals surface area (Å²) in [5, 5.41) is 0. The van der Waals surface area contributed by atoms with Crippen LogP contribution in [0.2, 0.25) is 0 Å². The number of halogens is 1. The summed E-state index contributed by atoms with van der Waals surface area (Å²) in [6.45, 7) is 2.27. The van der Waals surface area contributed by atoms with Gasteiger partial charge < -0.3 is 9.64 Å². The van der Waals surface area contributed by atoms with Crippen LogP contribution in [0.5, 0.6) is 0 Å². The Morgan fingerprint density at radius 3 is 2.26 bits per heavy atom. The van der Waals surface area contributed by atoms with E-state index in [1.807, 2.05) is 14.1 Å². The number of methoxy groups -OCH3 is 1. The molecule has 0 amide bonds. The van der Waals surface area contributed by atoms with E-state index in [0.29, 0.717) is 32.0 Å². The van der Waals surface area contributed by atoms with Gasteiger partial charge in [0.2, 0.25) is 10.0 Å². The molecule has 0 radical (unpaired) electrons. The highest BCUT2D eigenvalue weighted by atomic mass is 35.5. The maximum absolute atomic E-state index is 12.2. The SMILES string of the molecule is COCCN(CCCN(C)C)S(=O)(=O)CCCCCl. The number of unbranched alkanes of at least 4 members (excludes halogenated alkanes) is 1. The lowest BCUT2D eigenvalue weighted by Crippen LogP contribution is -2.37. The van der Waals surface area contributed by atoms with Crippen LogP contribution >= 0.6 is 11.6 Å². The van der Waals surface area contributed by atoms with Gasteiger partial charge in [-0.15, -0.1) is 11.6 Å². The molecule has 0 saturated heterocycles. The fraction of sp³-hybridized carbons (Fsp3) is 1.00. The lowest BCUT2D eigenvalue weighted by atomic mass is 10.4. The molecular formula is C12H27ClN2O3S. The normalized spacial score (nSPS) is 12.5. The zero-order valence-corrected chi connectivity index (χ0v) is 13.8. The van der Waals surface area contributed by atoms with Crippen LogP contribution in [0.4, 0.5) is 0 Å². The van der Waals surface area contributed by atoms with Crippen LogP contribution in [-0.4, -0.2) is 76.7 Å². The third-order valence-electron chi connectivity index (χ3n) is 2.74. The van der Waals surface area contributed by atoms with Crippen LogP contribution < -0.4 is 0 Å². The first-order valence-corrected chi connectivity index (χ1v) is 8.76. The molecule has 116 valence electrons. The van der Waals surface area contributed by atoms with Crippen molar-refractivity contribution in [3.05, 3.63) is 0 Å². The van der Waals surface area contributed by atoms with E-state index in [9.17, 15) is 8.42 Å². The second kappa shape index (κ2) is 10.9. The van der Waals surface area contributed by atoms with E-state index in [0.717, 1.165) is 19.4 Å². The molecule has 0 aliphatic rings. The molecule has 7 heteroatoms. The number of hydrogen-bond acceptors (Lipinski definition) is 4. The summed E-state index contributed by atoms with van der Waals surface area (Å²) in [5.41, 5.74) is 0. The van der Waals surface area contributed by atoms with Crippen molar-refractivity contribution in [2.24, 2.45) is 0 Å². The van der Waals surface area contributed by atoms with Crippen LogP contribution in [0.1, 0.15) is 19.3 Å². The molecule has 0 fully saturated rings. The van der Waals surface area contributed by atoms with Crippen molar-refractivity contribution in [1.82, 2.24) is 9.21 Å². The Kier molecular flexibility index (Phi) is 10.9. The van der Waals surface area contributed by atoms with Crippen LogP contribution in [0, 0.1) is 0 Å². The lowest BCUT2D eigenvalue weighted by molar-refractivity contribution is 0.177. The summed E-state index contributed by atoms with van der Waals surface area (Å²) in [6.07, 6.45) is 2.17. The molecule has 0 bridgehead atoms. The van der Waals surface area contributed by atoms with Gasteiger partial charge in [-0.1, -0.05) is 0 Å². The van der Waals surface area contributed by atoms with Crippen molar-refractivity contribution in [1.29, 1.82) is 0 Å². The zero-order chi connectivity index (χ0) is 14.7. The fourth-order valence-electron chi connectivity index (χ4n) is 1.65. The molecule has 0 aliphatic heterocycles. The molecule has 0 aromatic heterocycles. The molecular weight excluding hydrogens is 288 g/mol. The average Bonchev–Trinajstić information content (AvgIpc) is 2.33. The minimum absolute atomic E-state index is 0.172. The van der Waals surface area contributed by atoms with Gasteiger partial charge in [-0.25, -0.2) is 8.42 Å². The first kappa shape index (κ1) is 19.1. The molecule has 5 nitrogen and oxygen atoms in total. The van der Waals surface area contributed by atoms with Crippen molar-refractivity contribution in [3.8, 4) is 0 Å². The van der Waals surface area contributed by atoms with Gasteiger partial charge in [-0.3, -0.25) is 0 Å². The number of alkyl halides is 1. The summed E-state index contributed by atoms with van der Waals surface area (Å²) in [5.74, 6) is 0.680. The monoisotopic (exact) mass is 314 g/mol. The topological polar surface area (TPSA) is 49.9 Å². The third kappa shape index (κ3) is 9.62. The standard InChI is InChI=1S/C12H27ClN2O3S/c1-14(2)8-6-9-15(10-11-18-3)19(16,17)12-5-4-7-13/h4-12H2,1-3H3. The van der Waals surface area contributed by atoms with Gasteiger partial charge in [0.25, 0.3) is 0 Å². The van der Waals surface area contributed by atoms with E-state index in [2.05, 4.69) is 4.90 Å². The second-order valence-corrected chi connectivity index (χ2v) is 7.23. The highest BCUT2D eigenvalue weighted by molar-refractivity contribution is 7.89. The van der Waals surface area contributed by atoms with Crippen LogP contribution in [0.3, 0.4) is 0 Å². The number of nitrogens with zero attached hydrogens (tertiary/aromatic N) is 2. The van der Waals surface area contributed by atoms with E-state index in [1.54, 1.807) is 7.11 Å². The maximum Gasteiger partial charge on any atom is 0.214 e. The number of ether oxygens (including phenoxy) is 1. The highest BCUT2D eigenvalue weighted by Crippen LogP contribution is 2.07. The number of rotatable bonds is 12. The summed E-state index contributed by atoms with van der Waals surface area (Å²) < 4.78 is 30.9. The number of hydrogen-bond donors (Lipinski definition) is 0. The molecule has 0 heterocycles. The van der Waals surface area contributed by atoms with E-state index < -0.39 is 10.0 Å². The quantitative estimate of drug-likeness (QED) is 0.402. The Bertz CT molecular complexity index is 310. The zero-order valence-electron chi connectivity index (χ0n) is 12.3. The maximum atomic E-state index is 12.2. The summed E-state index contributed by atoms with van der Waals surface area (Å²) in [7, 11) is 2.35. The smallest absolute Gasteiger partial charge is 0.214 e. The summed E-state index contributed by atoms with van der Waals surface area (Å²) >= 11 is 5.58. The van der Waals surface area contributed by atoms with Crippen molar-refractivity contribution in [3.63, 3.8) is 0 Å². The highest BCUT2D eigenvalue weighted by Gasteiger charge is 2.20.